The first-order valence-corrected chi connectivity index (χ1v) is 9.30. The van der Waals surface area contributed by atoms with E-state index < -0.39 is 5.62 Å². The highest BCUT2D eigenvalue weighted by atomic mass is 32.9. The predicted octanol–water partition coefficient (Wildman–Crippen LogP) is 3.11. The summed E-state index contributed by atoms with van der Waals surface area (Å²) in [5.41, 5.74) is -2.15. The Balaban J connectivity index is 4.25. The number of hydrogen-bond donors (Lipinski definition) is 0. The largest absolute Gasteiger partial charge is 0.327 e. The second-order valence-corrected chi connectivity index (χ2v) is 10.5. The van der Waals surface area contributed by atoms with Crippen molar-refractivity contribution < 1.29 is 9.32 Å². The lowest BCUT2D eigenvalue weighted by atomic mass is 10.2. The van der Waals surface area contributed by atoms with Gasteiger partial charge in [0.1, 0.15) is 0 Å². The molecule has 0 aliphatic heterocycles. The third kappa shape index (κ3) is 5.91. The molecule has 3 nitrogen and oxygen atoms in total. The zero-order valence-corrected chi connectivity index (χ0v) is 12.3. The molecule has 0 N–H and O–H groups in total. The average Bonchev–Trinajstić information content (AvgIpc) is 2.16. The lowest BCUT2D eigenvalue weighted by Gasteiger charge is -2.27. The minimum atomic E-state index is -2.15. The maximum atomic E-state index is 10.7. The Morgan fingerprint density at radius 3 is 2.60 bits per heavy atom. The Bertz CT molecular complexity index is 236. The predicted molar refractivity (Wildman–Crippen MR) is 71.7 cm³/mol. The maximum absolute atomic E-state index is 10.7. The van der Waals surface area contributed by atoms with Crippen molar-refractivity contribution in [3.8, 4) is 0 Å². The van der Waals surface area contributed by atoms with Crippen LogP contribution in [0.25, 0.3) is 0 Å². The molecular formula is C9H20NO2PS2. The summed E-state index contributed by atoms with van der Waals surface area (Å²) in [4.78, 5) is 10.7. The van der Waals surface area contributed by atoms with Gasteiger partial charge in [0.25, 0.3) is 0 Å². The number of hydrogen-bond acceptors (Lipinski definition) is 4. The van der Waals surface area contributed by atoms with Crippen molar-refractivity contribution in [2.24, 2.45) is 5.92 Å². The first-order chi connectivity index (χ1) is 6.96. The Hall–Kier alpha value is 0.430. The van der Waals surface area contributed by atoms with E-state index in [1.165, 1.54) is 4.67 Å². The highest BCUT2D eigenvalue weighted by Gasteiger charge is 2.22. The van der Waals surface area contributed by atoms with Gasteiger partial charge in [-0.15, -0.1) is 0 Å². The van der Waals surface area contributed by atoms with Crippen LogP contribution < -0.4 is 0 Å². The molecule has 0 radical (unpaired) electrons. The summed E-state index contributed by atoms with van der Waals surface area (Å²) >= 11 is 7.03. The monoisotopic (exact) mass is 269 g/mol. The minimum Gasteiger partial charge on any atom is -0.327 e. The van der Waals surface area contributed by atoms with E-state index in [1.807, 2.05) is 6.92 Å². The second-order valence-electron chi connectivity index (χ2n) is 3.58. The Morgan fingerprint density at radius 2 is 2.20 bits per heavy atom. The zero-order valence-electron chi connectivity index (χ0n) is 9.80. The SMILES string of the molecule is CCOP(=S)(SCCC(C)C)N(C)C=O. The molecule has 6 heteroatoms. The van der Waals surface area contributed by atoms with Crippen molar-refractivity contribution in [1.82, 2.24) is 4.67 Å². The fourth-order valence-corrected chi connectivity index (χ4v) is 5.84. The average molecular weight is 269 g/mol. The van der Waals surface area contributed by atoms with E-state index >= 15 is 0 Å². The highest BCUT2D eigenvalue weighted by molar-refractivity contribution is 8.68. The Labute approximate surface area is 102 Å². The van der Waals surface area contributed by atoms with E-state index in [0.29, 0.717) is 12.5 Å². The molecular weight excluding hydrogens is 249 g/mol. The summed E-state index contributed by atoms with van der Waals surface area (Å²) in [6.07, 6.45) is 1.86. The van der Waals surface area contributed by atoms with Crippen molar-refractivity contribution in [3.63, 3.8) is 0 Å². The van der Waals surface area contributed by atoms with Crippen molar-refractivity contribution in [2.75, 3.05) is 19.4 Å². The van der Waals surface area contributed by atoms with Gasteiger partial charge in [-0.25, -0.2) is 0 Å². The summed E-state index contributed by atoms with van der Waals surface area (Å²) in [7, 11) is 1.70. The molecule has 0 saturated heterocycles. The standard InChI is InChI=1S/C9H20NO2PS2/c1-5-12-13(14,10(4)8-11)15-7-6-9(2)3/h8-9H,5-7H2,1-4H3. The van der Waals surface area contributed by atoms with Crippen LogP contribution in [0.2, 0.25) is 0 Å². The first kappa shape index (κ1) is 15.4. The molecule has 0 rings (SSSR count). The van der Waals surface area contributed by atoms with Crippen LogP contribution in [0.1, 0.15) is 27.2 Å². The quantitative estimate of drug-likeness (QED) is 0.500. The van der Waals surface area contributed by atoms with Crippen molar-refractivity contribution in [1.29, 1.82) is 0 Å². The molecule has 0 bridgehead atoms. The summed E-state index contributed by atoms with van der Waals surface area (Å²) < 4.78 is 7.06. The van der Waals surface area contributed by atoms with E-state index in [0.717, 1.165) is 18.6 Å². The van der Waals surface area contributed by atoms with Gasteiger partial charge in [0.15, 0.2) is 0 Å². The van der Waals surface area contributed by atoms with Crippen LogP contribution in [0.3, 0.4) is 0 Å². The Morgan fingerprint density at radius 1 is 1.60 bits per heavy atom. The number of rotatable bonds is 8. The molecule has 15 heavy (non-hydrogen) atoms. The number of nitrogens with zero attached hydrogens (tertiary/aromatic N) is 1. The fourth-order valence-electron chi connectivity index (χ4n) is 0.844. The molecule has 0 spiro atoms. The lowest BCUT2D eigenvalue weighted by molar-refractivity contribution is -0.113. The smallest absolute Gasteiger partial charge is 0.215 e. The van der Waals surface area contributed by atoms with Gasteiger partial charge in [-0.1, -0.05) is 25.2 Å². The number of carbonyl (C=O) groups excluding carboxylic acids is 1. The molecule has 0 heterocycles. The third-order valence-electron chi connectivity index (χ3n) is 1.78. The van der Waals surface area contributed by atoms with Crippen LogP contribution in [0.4, 0.5) is 0 Å². The molecule has 1 amide bonds. The van der Waals surface area contributed by atoms with Gasteiger partial charge < -0.3 is 4.52 Å². The van der Waals surface area contributed by atoms with Gasteiger partial charge in [0.05, 0.1) is 6.61 Å². The third-order valence-corrected chi connectivity index (χ3v) is 8.63. The highest BCUT2D eigenvalue weighted by Crippen LogP contribution is 2.61. The number of amides is 1. The fraction of sp³-hybridized carbons (Fsp3) is 0.889. The van der Waals surface area contributed by atoms with E-state index in [1.54, 1.807) is 18.4 Å². The maximum Gasteiger partial charge on any atom is 0.215 e. The van der Waals surface area contributed by atoms with Crippen LogP contribution >= 0.6 is 17.0 Å². The first-order valence-electron chi connectivity index (χ1n) is 5.04. The molecule has 1 unspecified atom stereocenters. The molecule has 0 fully saturated rings. The van der Waals surface area contributed by atoms with Crippen LogP contribution in [0, 0.1) is 5.92 Å². The van der Waals surface area contributed by atoms with Gasteiger partial charge in [-0.3, -0.25) is 9.46 Å². The Kier molecular flexibility index (Phi) is 7.88. The second kappa shape index (κ2) is 7.66. The summed E-state index contributed by atoms with van der Waals surface area (Å²) in [5.74, 6) is 1.61. The molecule has 1 atom stereocenters. The van der Waals surface area contributed by atoms with E-state index in [9.17, 15) is 4.79 Å². The van der Waals surface area contributed by atoms with Crippen LogP contribution in [0.5, 0.6) is 0 Å². The molecule has 0 aliphatic rings. The number of carbonyl (C=O) groups is 1. The van der Waals surface area contributed by atoms with Crippen LogP contribution in [-0.4, -0.2) is 30.5 Å². The van der Waals surface area contributed by atoms with Crippen molar-refractivity contribution in [3.05, 3.63) is 0 Å². The zero-order chi connectivity index (χ0) is 11.9. The van der Waals surface area contributed by atoms with Crippen LogP contribution in [-0.2, 0) is 21.1 Å². The molecule has 0 aromatic rings. The van der Waals surface area contributed by atoms with Gasteiger partial charge in [0.2, 0.25) is 12.0 Å². The van der Waals surface area contributed by atoms with Gasteiger partial charge >= 0.3 is 0 Å². The molecule has 0 aromatic heterocycles. The van der Waals surface area contributed by atoms with E-state index in [2.05, 4.69) is 13.8 Å². The van der Waals surface area contributed by atoms with Gasteiger partial charge in [0, 0.05) is 12.8 Å². The summed E-state index contributed by atoms with van der Waals surface area (Å²) in [5, 5.41) is 0. The summed E-state index contributed by atoms with van der Waals surface area (Å²) in [6.45, 7) is 6.81. The lowest BCUT2D eigenvalue weighted by Crippen LogP contribution is -2.12. The van der Waals surface area contributed by atoms with E-state index in [-0.39, 0.29) is 0 Å². The van der Waals surface area contributed by atoms with Crippen molar-refractivity contribution >= 4 is 35.2 Å². The van der Waals surface area contributed by atoms with Gasteiger partial charge in [-0.2, -0.15) is 0 Å². The van der Waals surface area contributed by atoms with Crippen LogP contribution in [0.15, 0.2) is 0 Å². The molecule has 90 valence electrons. The molecule has 0 aromatic carbocycles. The minimum absolute atomic E-state index is 0.560. The van der Waals surface area contributed by atoms with Gasteiger partial charge in [-0.05, 0) is 31.1 Å². The normalized spacial score (nSPS) is 15.0. The molecule has 0 saturated carbocycles. The molecule has 0 aliphatic carbocycles. The summed E-state index contributed by atoms with van der Waals surface area (Å²) in [6, 6.07) is 0. The van der Waals surface area contributed by atoms with Crippen molar-refractivity contribution in [2.45, 2.75) is 27.2 Å². The topological polar surface area (TPSA) is 29.5 Å². The van der Waals surface area contributed by atoms with E-state index in [4.69, 9.17) is 16.3 Å².